The molecule has 1 aromatic rings. The van der Waals surface area contributed by atoms with E-state index in [1.54, 1.807) is 13.1 Å². The van der Waals surface area contributed by atoms with Gasteiger partial charge in [-0.2, -0.15) is 4.57 Å². The van der Waals surface area contributed by atoms with Crippen molar-refractivity contribution in [3.63, 3.8) is 0 Å². The number of hydrogen-bond donors (Lipinski definition) is 0. The highest BCUT2D eigenvalue weighted by atomic mass is 79.9. The van der Waals surface area contributed by atoms with Crippen molar-refractivity contribution < 1.29 is 26.3 Å². The fourth-order valence-corrected chi connectivity index (χ4v) is 1.04. The highest BCUT2D eigenvalue weighted by Crippen LogP contribution is 1.89. The minimum atomic E-state index is 0. The molecule has 4 heteroatoms. The van der Waals surface area contributed by atoms with Crippen molar-refractivity contribution in [2.24, 2.45) is 0 Å². The molecule has 0 bridgehead atoms. The second-order valence-corrected chi connectivity index (χ2v) is 3.00. The Morgan fingerprint density at radius 3 is 2.69 bits per heavy atom. The van der Waals surface area contributed by atoms with E-state index in [0.717, 1.165) is 11.4 Å². The fraction of sp³-hybridized carbons (Fsp3) is 0.444. The van der Waals surface area contributed by atoms with Gasteiger partial charge < -0.3 is 17.0 Å². The predicted octanol–water partition coefficient (Wildman–Crippen LogP) is -2.42. The van der Waals surface area contributed by atoms with Gasteiger partial charge in [0.1, 0.15) is 5.69 Å². The summed E-state index contributed by atoms with van der Waals surface area (Å²) in [6.45, 7) is 5.88. The van der Waals surface area contributed by atoms with Gasteiger partial charge in [-0.3, -0.25) is 4.79 Å². The van der Waals surface area contributed by atoms with Gasteiger partial charge in [-0.1, -0.05) is 0 Å². The highest BCUT2D eigenvalue weighted by molar-refractivity contribution is 5.73. The molecular weight excluding hydrogens is 232 g/mol. The van der Waals surface area contributed by atoms with Crippen LogP contribution in [0.3, 0.4) is 0 Å². The zero-order valence-corrected chi connectivity index (χ0v) is 9.63. The van der Waals surface area contributed by atoms with Crippen LogP contribution in [0.25, 0.3) is 0 Å². The molecule has 0 spiro atoms. The summed E-state index contributed by atoms with van der Waals surface area (Å²) in [6, 6.07) is 0. The van der Waals surface area contributed by atoms with Crippen LogP contribution in [0.2, 0.25) is 0 Å². The number of aryl methyl sites for hydroxylation is 2. The number of halogens is 1. The van der Waals surface area contributed by atoms with Crippen molar-refractivity contribution in [1.82, 2.24) is 4.98 Å². The van der Waals surface area contributed by atoms with E-state index in [0.29, 0.717) is 6.54 Å². The van der Waals surface area contributed by atoms with Crippen LogP contribution in [-0.2, 0) is 11.3 Å². The molecule has 0 aliphatic rings. The Hall–Kier alpha value is -0.770. The van der Waals surface area contributed by atoms with Crippen LogP contribution >= 0.6 is 0 Å². The van der Waals surface area contributed by atoms with Gasteiger partial charge in [0.25, 0.3) is 0 Å². The summed E-state index contributed by atoms with van der Waals surface area (Å²) in [5.41, 5.74) is 1.94. The molecule has 0 unspecified atom stereocenters. The Balaban J connectivity index is 0.00000144. The highest BCUT2D eigenvalue weighted by Gasteiger charge is 2.08. The maximum Gasteiger partial charge on any atom is 0.206 e. The Morgan fingerprint density at radius 1 is 1.54 bits per heavy atom. The van der Waals surface area contributed by atoms with E-state index >= 15 is 0 Å². The monoisotopic (exact) mass is 244 g/mol. The van der Waals surface area contributed by atoms with Gasteiger partial charge in [0.05, 0.1) is 6.20 Å². The number of ketones is 1. The van der Waals surface area contributed by atoms with Gasteiger partial charge in [-0.15, -0.1) is 0 Å². The molecule has 0 aliphatic carbocycles. The first kappa shape index (κ1) is 12.2. The zero-order valence-electron chi connectivity index (χ0n) is 8.04. The van der Waals surface area contributed by atoms with Crippen molar-refractivity contribution >= 4 is 5.78 Å². The summed E-state index contributed by atoms with van der Waals surface area (Å²) in [7, 11) is 0. The van der Waals surface area contributed by atoms with E-state index in [9.17, 15) is 4.79 Å². The Kier molecular flexibility index (Phi) is 4.77. The van der Waals surface area contributed by atoms with E-state index in [2.05, 4.69) is 4.98 Å². The molecule has 3 nitrogen and oxygen atoms in total. The number of rotatable bonds is 2. The van der Waals surface area contributed by atoms with Crippen LogP contribution in [0.5, 0.6) is 0 Å². The van der Waals surface area contributed by atoms with Crippen molar-refractivity contribution in [2.45, 2.75) is 27.3 Å². The molecule has 1 rings (SSSR count). The lowest BCUT2D eigenvalue weighted by Gasteiger charge is -1.97. The van der Waals surface area contributed by atoms with Gasteiger partial charge in [0, 0.05) is 13.8 Å². The van der Waals surface area contributed by atoms with Crippen LogP contribution < -0.4 is 21.5 Å². The number of hydrogen-bond acceptors (Lipinski definition) is 2. The lowest BCUT2D eigenvalue weighted by Crippen LogP contribution is -3.00. The first-order chi connectivity index (χ1) is 5.59. The summed E-state index contributed by atoms with van der Waals surface area (Å²) in [5.74, 6) is 0.161. The van der Waals surface area contributed by atoms with Crippen LogP contribution in [0.15, 0.2) is 12.4 Å². The maximum atomic E-state index is 10.8. The van der Waals surface area contributed by atoms with E-state index in [1.165, 1.54) is 0 Å². The SMILES string of the molecule is CC(=O)C[n+]1cc(C)ncc1C.[Br-]. The molecule has 1 aromatic heterocycles. The normalized spacial score (nSPS) is 9.15. The van der Waals surface area contributed by atoms with E-state index in [4.69, 9.17) is 0 Å². The topological polar surface area (TPSA) is 33.8 Å². The Morgan fingerprint density at radius 2 is 2.15 bits per heavy atom. The molecule has 0 atom stereocenters. The molecule has 13 heavy (non-hydrogen) atoms. The maximum absolute atomic E-state index is 10.8. The standard InChI is InChI=1S/C9H13N2O.BrH/c1-7-5-11(6-9(3)12)8(2)4-10-7;/h4-5H,6H2,1-3H3;1H/q+1;/p-1. The number of nitrogens with zero attached hydrogens (tertiary/aromatic N) is 2. The number of aromatic nitrogens is 2. The van der Waals surface area contributed by atoms with Crippen LogP contribution in [0.4, 0.5) is 0 Å². The summed E-state index contributed by atoms with van der Waals surface area (Å²) in [5, 5.41) is 0. The zero-order chi connectivity index (χ0) is 9.14. The smallest absolute Gasteiger partial charge is 0.206 e. The molecule has 1 heterocycles. The average Bonchev–Trinajstić information content (AvgIpc) is 1.96. The second-order valence-electron chi connectivity index (χ2n) is 3.00. The van der Waals surface area contributed by atoms with Gasteiger partial charge in [-0.25, -0.2) is 4.98 Å². The quantitative estimate of drug-likeness (QED) is 0.543. The first-order valence-electron chi connectivity index (χ1n) is 3.91. The number of carbonyl (C=O) groups is 1. The molecular formula is C9H13BrN2O. The third-order valence-corrected chi connectivity index (χ3v) is 1.64. The Bertz CT molecular complexity index is 312. The second kappa shape index (κ2) is 5.07. The molecule has 0 saturated heterocycles. The van der Waals surface area contributed by atoms with E-state index in [1.807, 2.05) is 24.6 Å². The van der Waals surface area contributed by atoms with Gasteiger partial charge in [-0.05, 0) is 6.92 Å². The van der Waals surface area contributed by atoms with Crippen molar-refractivity contribution in [3.05, 3.63) is 23.8 Å². The summed E-state index contributed by atoms with van der Waals surface area (Å²) in [6.07, 6.45) is 3.66. The third-order valence-electron chi connectivity index (χ3n) is 1.64. The third kappa shape index (κ3) is 3.63. The van der Waals surface area contributed by atoms with Crippen LogP contribution in [-0.4, -0.2) is 10.8 Å². The number of carbonyl (C=O) groups excluding carboxylic acids is 1. The minimum absolute atomic E-state index is 0. The van der Waals surface area contributed by atoms with E-state index < -0.39 is 0 Å². The average molecular weight is 245 g/mol. The summed E-state index contributed by atoms with van der Waals surface area (Å²) >= 11 is 0. The van der Waals surface area contributed by atoms with Gasteiger partial charge >= 0.3 is 0 Å². The van der Waals surface area contributed by atoms with Gasteiger partial charge in [0.2, 0.25) is 6.54 Å². The summed E-state index contributed by atoms with van der Waals surface area (Å²) < 4.78 is 1.91. The lowest BCUT2D eigenvalue weighted by atomic mass is 10.3. The molecule has 0 aliphatic heterocycles. The predicted molar refractivity (Wildman–Crippen MR) is 44.6 cm³/mol. The minimum Gasteiger partial charge on any atom is -1.00 e. The molecule has 72 valence electrons. The molecule has 0 amide bonds. The van der Waals surface area contributed by atoms with Gasteiger partial charge in [0.15, 0.2) is 17.7 Å². The van der Waals surface area contributed by atoms with Crippen molar-refractivity contribution in [1.29, 1.82) is 0 Å². The van der Waals surface area contributed by atoms with Crippen molar-refractivity contribution in [3.8, 4) is 0 Å². The molecule has 0 saturated carbocycles. The largest absolute Gasteiger partial charge is 1.00 e. The lowest BCUT2D eigenvalue weighted by molar-refractivity contribution is -0.691. The van der Waals surface area contributed by atoms with Crippen molar-refractivity contribution in [2.75, 3.05) is 0 Å². The van der Waals surface area contributed by atoms with Crippen LogP contribution in [0.1, 0.15) is 18.3 Å². The molecule has 0 fully saturated rings. The fourth-order valence-electron chi connectivity index (χ4n) is 1.04. The van der Waals surface area contributed by atoms with E-state index in [-0.39, 0.29) is 22.8 Å². The molecule has 0 N–H and O–H groups in total. The molecule has 0 radical (unpaired) electrons. The van der Waals surface area contributed by atoms with Crippen LogP contribution in [0, 0.1) is 13.8 Å². The first-order valence-corrected chi connectivity index (χ1v) is 3.91. The Labute approximate surface area is 88.6 Å². The molecule has 0 aromatic carbocycles. The summed E-state index contributed by atoms with van der Waals surface area (Å²) in [4.78, 5) is 14.9. The number of Topliss-reactive ketones (excluding diaryl/α,β-unsaturated/α-hetero) is 1.